The summed E-state index contributed by atoms with van der Waals surface area (Å²) in [4.78, 5) is 20.7. The maximum Gasteiger partial charge on any atom is 0.275 e. The maximum absolute atomic E-state index is 13.0. The van der Waals surface area contributed by atoms with Crippen LogP contribution in [-0.4, -0.2) is 38.1 Å². The summed E-state index contributed by atoms with van der Waals surface area (Å²) in [6.45, 7) is 1.50. The second-order valence-electron chi connectivity index (χ2n) is 7.34. The minimum atomic E-state index is -0.249. The van der Waals surface area contributed by atoms with Crippen LogP contribution in [0.3, 0.4) is 0 Å². The zero-order valence-corrected chi connectivity index (χ0v) is 15.9. The van der Waals surface area contributed by atoms with Crippen molar-refractivity contribution >= 4 is 32.8 Å². The normalized spacial score (nSPS) is 13.1. The highest BCUT2D eigenvalue weighted by Crippen LogP contribution is 2.40. The first-order chi connectivity index (χ1) is 14.7. The number of H-pyrrole nitrogens is 2. The van der Waals surface area contributed by atoms with Crippen LogP contribution in [0.1, 0.15) is 6.42 Å². The number of hydrogen-bond donors (Lipinski definition) is 3. The van der Waals surface area contributed by atoms with E-state index in [1.54, 1.807) is 6.20 Å². The predicted octanol–water partition coefficient (Wildman–Crippen LogP) is 2.50. The average Bonchev–Trinajstić information content (AvgIpc) is 3.46. The van der Waals surface area contributed by atoms with Gasteiger partial charge in [-0.2, -0.15) is 5.10 Å². The lowest BCUT2D eigenvalue weighted by Crippen LogP contribution is -2.11. The summed E-state index contributed by atoms with van der Waals surface area (Å²) in [5.74, 6) is 1.36. The predicted molar refractivity (Wildman–Crippen MR) is 113 cm³/mol. The summed E-state index contributed by atoms with van der Waals surface area (Å²) in [6, 6.07) is 7.62. The van der Waals surface area contributed by atoms with E-state index in [4.69, 9.17) is 20.2 Å². The van der Waals surface area contributed by atoms with E-state index in [1.165, 1.54) is 0 Å². The van der Waals surface area contributed by atoms with Crippen molar-refractivity contribution in [1.29, 1.82) is 0 Å². The van der Waals surface area contributed by atoms with Crippen LogP contribution in [-0.2, 0) is 6.54 Å². The smallest absolute Gasteiger partial charge is 0.275 e. The summed E-state index contributed by atoms with van der Waals surface area (Å²) in [5, 5.41) is 8.79. The zero-order chi connectivity index (χ0) is 20.2. The van der Waals surface area contributed by atoms with Gasteiger partial charge in [-0.3, -0.25) is 9.89 Å². The molecule has 4 heterocycles. The van der Waals surface area contributed by atoms with Gasteiger partial charge in [0.1, 0.15) is 5.69 Å². The highest BCUT2D eigenvalue weighted by Gasteiger charge is 2.21. The molecule has 0 saturated heterocycles. The number of aryl methyl sites for hydroxylation is 1. The minimum absolute atomic E-state index is 0.190. The van der Waals surface area contributed by atoms with Crippen LogP contribution in [0.5, 0.6) is 11.5 Å². The Morgan fingerprint density at radius 3 is 2.87 bits per heavy atom. The van der Waals surface area contributed by atoms with Gasteiger partial charge in [0.05, 0.1) is 28.3 Å². The first-order valence-electron chi connectivity index (χ1n) is 9.71. The Balaban J connectivity index is 1.61. The van der Waals surface area contributed by atoms with Crippen molar-refractivity contribution in [3.05, 3.63) is 47.0 Å². The van der Waals surface area contributed by atoms with Gasteiger partial charge >= 0.3 is 0 Å². The average molecular weight is 402 g/mol. The highest BCUT2D eigenvalue weighted by atomic mass is 16.7. The van der Waals surface area contributed by atoms with E-state index in [0.717, 1.165) is 40.3 Å². The standard InChI is InChI=1S/C21H18N6O3/c22-2-1-3-27-9-13(12-5-18-19(7-17(12)27)30-10-29-18)20-21(28)25-15-4-11-8-23-26-14(11)6-16(15)24-20/h4-9H,1-3,10,22H2,(H,23,26)(H,25,28). The van der Waals surface area contributed by atoms with E-state index in [0.29, 0.717) is 34.8 Å². The molecule has 30 heavy (non-hydrogen) atoms. The Labute approximate surface area is 169 Å². The Kier molecular flexibility index (Phi) is 3.59. The molecule has 5 aromatic rings. The third-order valence-electron chi connectivity index (χ3n) is 5.49. The molecule has 3 aromatic heterocycles. The molecular weight excluding hydrogens is 384 g/mol. The molecule has 150 valence electrons. The number of nitrogens with two attached hydrogens (primary N) is 1. The van der Waals surface area contributed by atoms with Crippen LogP contribution in [0.4, 0.5) is 0 Å². The van der Waals surface area contributed by atoms with Crippen molar-refractivity contribution < 1.29 is 9.47 Å². The highest BCUT2D eigenvalue weighted by molar-refractivity contribution is 5.99. The molecule has 0 unspecified atom stereocenters. The van der Waals surface area contributed by atoms with E-state index < -0.39 is 0 Å². The van der Waals surface area contributed by atoms with Gasteiger partial charge in [-0.1, -0.05) is 0 Å². The number of aromatic amines is 2. The molecule has 6 rings (SSSR count). The molecule has 9 heteroatoms. The Morgan fingerprint density at radius 1 is 1.13 bits per heavy atom. The summed E-state index contributed by atoms with van der Waals surface area (Å²) >= 11 is 0. The lowest BCUT2D eigenvalue weighted by molar-refractivity contribution is 0.174. The molecule has 0 radical (unpaired) electrons. The van der Waals surface area contributed by atoms with Gasteiger partial charge in [0.25, 0.3) is 5.56 Å². The van der Waals surface area contributed by atoms with Gasteiger partial charge in [0.15, 0.2) is 11.5 Å². The van der Waals surface area contributed by atoms with Gasteiger partial charge < -0.3 is 24.8 Å². The molecule has 9 nitrogen and oxygen atoms in total. The largest absolute Gasteiger partial charge is 0.454 e. The summed E-state index contributed by atoms with van der Waals surface area (Å²) < 4.78 is 13.2. The minimum Gasteiger partial charge on any atom is -0.454 e. The van der Waals surface area contributed by atoms with Crippen LogP contribution in [0.15, 0.2) is 41.5 Å². The molecule has 0 amide bonds. The number of rotatable bonds is 4. The van der Waals surface area contributed by atoms with Gasteiger partial charge in [0.2, 0.25) is 6.79 Å². The molecule has 4 N–H and O–H groups in total. The van der Waals surface area contributed by atoms with E-state index in [1.807, 2.05) is 30.5 Å². The van der Waals surface area contributed by atoms with Gasteiger partial charge in [-0.25, -0.2) is 4.98 Å². The molecule has 1 aliphatic heterocycles. The van der Waals surface area contributed by atoms with E-state index in [-0.39, 0.29) is 12.4 Å². The quantitative estimate of drug-likeness (QED) is 0.424. The number of fused-ring (bicyclic) bond motifs is 4. The molecule has 0 spiro atoms. The van der Waals surface area contributed by atoms with Gasteiger partial charge in [-0.15, -0.1) is 0 Å². The molecule has 0 atom stereocenters. The SMILES string of the molecule is NCCCn1cc(-c2nc3cc4[nH]ncc4cc3[nH]c2=O)c2cc3c(cc21)OCO3. The third kappa shape index (κ3) is 2.49. The maximum atomic E-state index is 13.0. The zero-order valence-electron chi connectivity index (χ0n) is 15.9. The summed E-state index contributed by atoms with van der Waals surface area (Å²) in [6.07, 6.45) is 4.49. The number of hydrogen-bond acceptors (Lipinski definition) is 6. The number of nitrogens with one attached hydrogen (secondary N) is 2. The lowest BCUT2D eigenvalue weighted by Gasteiger charge is -2.04. The van der Waals surface area contributed by atoms with Crippen LogP contribution in [0.2, 0.25) is 0 Å². The Bertz CT molecular complexity index is 1500. The van der Waals surface area contributed by atoms with Crippen molar-refractivity contribution in [2.75, 3.05) is 13.3 Å². The fraction of sp³-hybridized carbons (Fsp3) is 0.190. The van der Waals surface area contributed by atoms with Crippen LogP contribution < -0.4 is 20.8 Å². The fourth-order valence-electron chi connectivity index (χ4n) is 4.02. The van der Waals surface area contributed by atoms with Crippen molar-refractivity contribution in [3.63, 3.8) is 0 Å². The second kappa shape index (κ2) is 6.33. The number of aromatic nitrogens is 5. The molecule has 2 aromatic carbocycles. The lowest BCUT2D eigenvalue weighted by atomic mass is 10.1. The van der Waals surface area contributed by atoms with Gasteiger partial charge in [-0.05, 0) is 31.2 Å². The van der Waals surface area contributed by atoms with Crippen molar-refractivity contribution in [1.82, 2.24) is 24.7 Å². The second-order valence-corrected chi connectivity index (χ2v) is 7.34. The van der Waals surface area contributed by atoms with E-state index in [2.05, 4.69) is 19.7 Å². The van der Waals surface area contributed by atoms with Crippen molar-refractivity contribution in [3.8, 4) is 22.8 Å². The number of benzene rings is 2. The molecule has 0 saturated carbocycles. The van der Waals surface area contributed by atoms with Crippen LogP contribution in [0, 0.1) is 0 Å². The van der Waals surface area contributed by atoms with Crippen molar-refractivity contribution in [2.24, 2.45) is 5.73 Å². The van der Waals surface area contributed by atoms with Gasteiger partial charge in [0, 0.05) is 35.1 Å². The first kappa shape index (κ1) is 17.0. The number of nitrogens with zero attached hydrogens (tertiary/aromatic N) is 3. The van der Waals surface area contributed by atoms with Crippen LogP contribution in [0.25, 0.3) is 44.1 Å². The number of ether oxygens (including phenoxy) is 2. The summed E-state index contributed by atoms with van der Waals surface area (Å²) in [7, 11) is 0. The van der Waals surface area contributed by atoms with E-state index >= 15 is 0 Å². The molecule has 0 bridgehead atoms. The molecule has 0 aliphatic carbocycles. The van der Waals surface area contributed by atoms with Crippen molar-refractivity contribution in [2.45, 2.75) is 13.0 Å². The molecule has 0 fully saturated rings. The molecular formula is C21H18N6O3. The summed E-state index contributed by atoms with van der Waals surface area (Å²) in [5.41, 5.74) is 9.74. The fourth-order valence-corrected chi connectivity index (χ4v) is 4.02. The molecule has 1 aliphatic rings. The first-order valence-corrected chi connectivity index (χ1v) is 9.71. The third-order valence-corrected chi connectivity index (χ3v) is 5.49. The Morgan fingerprint density at radius 2 is 2.00 bits per heavy atom. The Hall–Kier alpha value is -3.85. The van der Waals surface area contributed by atoms with Crippen LogP contribution >= 0.6 is 0 Å². The van der Waals surface area contributed by atoms with E-state index in [9.17, 15) is 4.79 Å². The topological polar surface area (TPSA) is 124 Å². The monoisotopic (exact) mass is 402 g/mol.